The summed E-state index contributed by atoms with van der Waals surface area (Å²) in [5.74, 6) is 0.911. The van der Waals surface area contributed by atoms with E-state index in [9.17, 15) is 5.11 Å². The lowest BCUT2D eigenvalue weighted by Crippen LogP contribution is -1.93. The number of phenols is 1. The Bertz CT molecular complexity index is 373. The smallest absolute Gasteiger partial charge is 0.118 e. The number of hydrogen-bond acceptors (Lipinski definition) is 1. The normalized spacial score (nSPS) is 12.2. The molecule has 1 atom stereocenters. The van der Waals surface area contributed by atoms with Crippen molar-refractivity contribution < 1.29 is 5.11 Å². The summed E-state index contributed by atoms with van der Waals surface area (Å²) in [4.78, 5) is 0. The monoisotopic (exact) mass is 218 g/mol. The van der Waals surface area contributed by atoms with Crippen molar-refractivity contribution in [2.75, 3.05) is 0 Å². The molecular weight excluding hydrogens is 196 g/mol. The Morgan fingerprint density at radius 1 is 1.38 bits per heavy atom. The Labute approximate surface area is 98.8 Å². The van der Waals surface area contributed by atoms with Gasteiger partial charge in [-0.2, -0.15) is 0 Å². The largest absolute Gasteiger partial charge is 0.508 e. The minimum absolute atomic E-state index is 0.409. The van der Waals surface area contributed by atoms with Gasteiger partial charge in [-0.3, -0.25) is 0 Å². The first kappa shape index (κ1) is 12.8. The fourth-order valence-corrected chi connectivity index (χ4v) is 1.72. The molecule has 0 heterocycles. The van der Waals surface area contributed by atoms with E-state index in [1.807, 2.05) is 19.1 Å². The molecule has 0 bridgehead atoms. The molecular formula is C15H22O. The van der Waals surface area contributed by atoms with Crippen LogP contribution in [-0.2, 0) is 0 Å². The highest BCUT2D eigenvalue weighted by Crippen LogP contribution is 2.26. The zero-order chi connectivity index (χ0) is 12.1. The maximum absolute atomic E-state index is 9.65. The van der Waals surface area contributed by atoms with Crippen LogP contribution in [0.5, 0.6) is 5.75 Å². The summed E-state index contributed by atoms with van der Waals surface area (Å²) in [5.41, 5.74) is 3.55. The standard InChI is InChI=1S/C15H22O/c1-11(2)6-5-7-12(3)14-9-8-13(4)15(16)10-14/h6,8-10,12,16H,5,7H2,1-4H3/t12-/m1/s1. The summed E-state index contributed by atoms with van der Waals surface area (Å²) in [7, 11) is 0. The van der Waals surface area contributed by atoms with E-state index in [0.717, 1.165) is 18.4 Å². The SMILES string of the molecule is CC(C)=CCC[C@@H](C)c1ccc(C)c(O)c1. The van der Waals surface area contributed by atoms with Crippen molar-refractivity contribution >= 4 is 0 Å². The van der Waals surface area contributed by atoms with Gasteiger partial charge >= 0.3 is 0 Å². The number of phenolic OH excluding ortho intramolecular Hbond substituents is 1. The summed E-state index contributed by atoms with van der Waals surface area (Å²) in [5, 5.41) is 9.65. The van der Waals surface area contributed by atoms with Gasteiger partial charge in [0.15, 0.2) is 0 Å². The minimum Gasteiger partial charge on any atom is -0.508 e. The van der Waals surface area contributed by atoms with Crippen LogP contribution in [0, 0.1) is 6.92 Å². The lowest BCUT2D eigenvalue weighted by Gasteiger charge is -2.12. The summed E-state index contributed by atoms with van der Waals surface area (Å²) in [6, 6.07) is 5.99. The average Bonchev–Trinajstić information content (AvgIpc) is 2.21. The molecule has 1 aromatic rings. The molecule has 1 N–H and O–H groups in total. The molecule has 0 saturated carbocycles. The van der Waals surface area contributed by atoms with Crippen molar-refractivity contribution in [1.82, 2.24) is 0 Å². The van der Waals surface area contributed by atoms with E-state index in [-0.39, 0.29) is 0 Å². The van der Waals surface area contributed by atoms with Crippen LogP contribution in [0.2, 0.25) is 0 Å². The second-order valence-electron chi connectivity index (χ2n) is 4.81. The zero-order valence-corrected chi connectivity index (χ0v) is 10.7. The van der Waals surface area contributed by atoms with Crippen molar-refractivity contribution in [2.45, 2.75) is 46.5 Å². The molecule has 0 amide bonds. The Kier molecular flexibility index (Phi) is 4.60. The Hall–Kier alpha value is -1.24. The van der Waals surface area contributed by atoms with Crippen LogP contribution in [0.15, 0.2) is 29.8 Å². The highest BCUT2D eigenvalue weighted by atomic mass is 16.3. The quantitative estimate of drug-likeness (QED) is 0.735. The average molecular weight is 218 g/mol. The Morgan fingerprint density at radius 2 is 2.06 bits per heavy atom. The topological polar surface area (TPSA) is 20.2 Å². The minimum atomic E-state index is 0.409. The second kappa shape index (κ2) is 5.74. The first-order chi connectivity index (χ1) is 7.50. The third-order valence-electron chi connectivity index (χ3n) is 2.95. The number of benzene rings is 1. The molecule has 0 fully saturated rings. The van der Waals surface area contributed by atoms with Crippen LogP contribution >= 0.6 is 0 Å². The zero-order valence-electron chi connectivity index (χ0n) is 10.7. The second-order valence-corrected chi connectivity index (χ2v) is 4.81. The van der Waals surface area contributed by atoms with Crippen molar-refractivity contribution in [3.05, 3.63) is 41.0 Å². The van der Waals surface area contributed by atoms with Gasteiger partial charge in [0.05, 0.1) is 0 Å². The lowest BCUT2D eigenvalue weighted by atomic mass is 9.95. The number of aromatic hydroxyl groups is 1. The van der Waals surface area contributed by atoms with Gasteiger partial charge in [-0.05, 0) is 56.7 Å². The van der Waals surface area contributed by atoms with Crippen molar-refractivity contribution in [2.24, 2.45) is 0 Å². The molecule has 0 aromatic heterocycles. The van der Waals surface area contributed by atoms with Crippen molar-refractivity contribution in [3.63, 3.8) is 0 Å². The molecule has 1 nitrogen and oxygen atoms in total. The number of hydrogen-bond donors (Lipinski definition) is 1. The van der Waals surface area contributed by atoms with Gasteiger partial charge in [0.1, 0.15) is 5.75 Å². The summed E-state index contributed by atoms with van der Waals surface area (Å²) < 4.78 is 0. The van der Waals surface area contributed by atoms with E-state index in [1.165, 1.54) is 11.1 Å². The molecule has 88 valence electrons. The van der Waals surface area contributed by atoms with E-state index in [4.69, 9.17) is 0 Å². The summed E-state index contributed by atoms with van der Waals surface area (Å²) in [6.07, 6.45) is 4.51. The lowest BCUT2D eigenvalue weighted by molar-refractivity contribution is 0.469. The van der Waals surface area contributed by atoms with Crippen LogP contribution < -0.4 is 0 Å². The summed E-state index contributed by atoms with van der Waals surface area (Å²) in [6.45, 7) is 8.39. The third-order valence-corrected chi connectivity index (χ3v) is 2.95. The van der Waals surface area contributed by atoms with Gasteiger partial charge in [-0.1, -0.05) is 30.7 Å². The van der Waals surface area contributed by atoms with E-state index in [1.54, 1.807) is 0 Å². The van der Waals surface area contributed by atoms with E-state index >= 15 is 0 Å². The number of allylic oxidation sites excluding steroid dienone is 2. The van der Waals surface area contributed by atoms with Crippen LogP contribution in [-0.4, -0.2) is 5.11 Å². The van der Waals surface area contributed by atoms with Crippen molar-refractivity contribution in [3.8, 4) is 5.75 Å². The Balaban J connectivity index is 2.62. The predicted octanol–water partition coefficient (Wildman–Crippen LogP) is 4.55. The predicted molar refractivity (Wildman–Crippen MR) is 69.9 cm³/mol. The molecule has 0 aliphatic carbocycles. The maximum atomic E-state index is 9.65. The molecule has 0 aliphatic rings. The van der Waals surface area contributed by atoms with Crippen LogP contribution in [0.3, 0.4) is 0 Å². The van der Waals surface area contributed by atoms with Gasteiger partial charge in [0, 0.05) is 0 Å². The van der Waals surface area contributed by atoms with Crippen molar-refractivity contribution in [1.29, 1.82) is 0 Å². The molecule has 1 heteroatoms. The number of aryl methyl sites for hydroxylation is 1. The van der Waals surface area contributed by atoms with Gasteiger partial charge < -0.3 is 5.11 Å². The highest BCUT2D eigenvalue weighted by Gasteiger charge is 2.06. The highest BCUT2D eigenvalue weighted by molar-refractivity contribution is 5.36. The first-order valence-corrected chi connectivity index (χ1v) is 5.93. The van der Waals surface area contributed by atoms with Crippen LogP contribution in [0.1, 0.15) is 50.7 Å². The molecule has 0 aliphatic heterocycles. The van der Waals surface area contributed by atoms with Crippen LogP contribution in [0.25, 0.3) is 0 Å². The molecule has 16 heavy (non-hydrogen) atoms. The van der Waals surface area contributed by atoms with Gasteiger partial charge in [0.2, 0.25) is 0 Å². The Morgan fingerprint density at radius 3 is 2.62 bits per heavy atom. The maximum Gasteiger partial charge on any atom is 0.118 e. The number of rotatable bonds is 4. The van der Waals surface area contributed by atoms with Gasteiger partial charge in [-0.15, -0.1) is 0 Å². The fourth-order valence-electron chi connectivity index (χ4n) is 1.72. The molecule has 0 unspecified atom stereocenters. The first-order valence-electron chi connectivity index (χ1n) is 5.93. The molecule has 0 saturated heterocycles. The summed E-state index contributed by atoms with van der Waals surface area (Å²) >= 11 is 0. The van der Waals surface area contributed by atoms with Gasteiger partial charge in [-0.25, -0.2) is 0 Å². The molecule has 0 spiro atoms. The van der Waals surface area contributed by atoms with E-state index < -0.39 is 0 Å². The molecule has 1 rings (SSSR count). The van der Waals surface area contributed by atoms with E-state index in [2.05, 4.69) is 32.9 Å². The molecule has 1 aromatic carbocycles. The fraction of sp³-hybridized carbons (Fsp3) is 0.467. The van der Waals surface area contributed by atoms with E-state index in [0.29, 0.717) is 11.7 Å². The van der Waals surface area contributed by atoms with Gasteiger partial charge in [0.25, 0.3) is 0 Å². The molecule has 0 radical (unpaired) electrons. The van der Waals surface area contributed by atoms with Crippen LogP contribution in [0.4, 0.5) is 0 Å². The third kappa shape index (κ3) is 3.73.